The van der Waals surface area contributed by atoms with E-state index in [1.807, 2.05) is 37.3 Å². The second-order valence-electron chi connectivity index (χ2n) is 5.79. The zero-order valence-electron chi connectivity index (χ0n) is 13.2. The molecule has 1 aliphatic rings. The van der Waals surface area contributed by atoms with Crippen LogP contribution in [0.5, 0.6) is 0 Å². The summed E-state index contributed by atoms with van der Waals surface area (Å²) in [5, 5.41) is 7.33. The number of nitrogens with two attached hydrogens (primary N) is 1. The van der Waals surface area contributed by atoms with Crippen LogP contribution in [0.2, 0.25) is 0 Å². The van der Waals surface area contributed by atoms with Crippen molar-refractivity contribution in [1.29, 1.82) is 5.41 Å². The molecule has 1 aliphatic heterocycles. The molecular formula is C17H25N3O2. The molecule has 5 nitrogen and oxygen atoms in total. The van der Waals surface area contributed by atoms with Crippen LogP contribution in [0.1, 0.15) is 31.7 Å². The minimum Gasteiger partial charge on any atom is -0.465 e. The Bertz CT molecular complexity index is 508. The number of benzene rings is 1. The molecular weight excluding hydrogens is 278 g/mol. The van der Waals surface area contributed by atoms with Crippen LogP contribution in [0.25, 0.3) is 0 Å². The summed E-state index contributed by atoms with van der Waals surface area (Å²) in [7, 11) is 0. The Morgan fingerprint density at radius 1 is 1.32 bits per heavy atom. The van der Waals surface area contributed by atoms with Crippen molar-refractivity contribution < 1.29 is 9.53 Å². The van der Waals surface area contributed by atoms with E-state index < -0.39 is 5.41 Å². The lowest BCUT2D eigenvalue weighted by Gasteiger charge is -2.40. The first-order chi connectivity index (χ1) is 10.6. The third kappa shape index (κ3) is 3.65. The summed E-state index contributed by atoms with van der Waals surface area (Å²) in [5.41, 5.74) is 5.93. The van der Waals surface area contributed by atoms with Crippen LogP contribution in [0.4, 0.5) is 0 Å². The Kier molecular flexibility index (Phi) is 5.55. The second kappa shape index (κ2) is 7.40. The molecule has 0 amide bonds. The van der Waals surface area contributed by atoms with Gasteiger partial charge in [0.25, 0.3) is 0 Å². The summed E-state index contributed by atoms with van der Waals surface area (Å²) in [5.74, 6) is 0.0951. The van der Waals surface area contributed by atoms with Gasteiger partial charge >= 0.3 is 5.97 Å². The lowest BCUT2D eigenvalue weighted by molar-refractivity contribution is -0.152. The van der Waals surface area contributed by atoms with Gasteiger partial charge in [0.1, 0.15) is 0 Å². The van der Waals surface area contributed by atoms with Gasteiger partial charge < -0.3 is 15.4 Å². The van der Waals surface area contributed by atoms with E-state index in [2.05, 4.69) is 4.90 Å². The number of hydrogen-bond donors (Lipinski definition) is 2. The number of rotatable bonds is 6. The van der Waals surface area contributed by atoms with Crippen LogP contribution in [-0.2, 0) is 14.9 Å². The van der Waals surface area contributed by atoms with Gasteiger partial charge in [0.2, 0.25) is 0 Å². The fourth-order valence-corrected chi connectivity index (χ4v) is 3.07. The predicted molar refractivity (Wildman–Crippen MR) is 87.0 cm³/mol. The van der Waals surface area contributed by atoms with Crippen molar-refractivity contribution in [3.05, 3.63) is 35.9 Å². The number of nitrogens with zero attached hydrogens (tertiary/aromatic N) is 1. The fourth-order valence-electron chi connectivity index (χ4n) is 3.07. The highest BCUT2D eigenvalue weighted by Crippen LogP contribution is 2.36. The molecule has 0 atom stereocenters. The van der Waals surface area contributed by atoms with Crippen LogP contribution >= 0.6 is 0 Å². The van der Waals surface area contributed by atoms with Crippen molar-refractivity contribution >= 4 is 11.8 Å². The molecule has 0 aliphatic carbocycles. The zero-order valence-corrected chi connectivity index (χ0v) is 13.2. The van der Waals surface area contributed by atoms with E-state index in [0.717, 1.165) is 38.0 Å². The first-order valence-electron chi connectivity index (χ1n) is 7.86. The van der Waals surface area contributed by atoms with E-state index in [0.29, 0.717) is 13.0 Å². The number of ether oxygens (including phenoxy) is 1. The maximum absolute atomic E-state index is 12.6. The third-order valence-electron chi connectivity index (χ3n) is 4.40. The van der Waals surface area contributed by atoms with E-state index in [-0.39, 0.29) is 11.8 Å². The predicted octanol–water partition coefficient (Wildman–Crippen LogP) is 1.91. The van der Waals surface area contributed by atoms with E-state index in [9.17, 15) is 4.79 Å². The Balaban J connectivity index is 2.12. The summed E-state index contributed by atoms with van der Waals surface area (Å²) in [4.78, 5) is 14.9. The molecule has 1 saturated heterocycles. The third-order valence-corrected chi connectivity index (χ3v) is 4.40. The molecule has 0 unspecified atom stereocenters. The molecule has 1 aromatic rings. The zero-order chi connectivity index (χ0) is 16.0. The van der Waals surface area contributed by atoms with E-state index in [1.165, 1.54) is 0 Å². The molecule has 1 fully saturated rings. The van der Waals surface area contributed by atoms with Gasteiger partial charge in [-0.1, -0.05) is 30.3 Å². The monoisotopic (exact) mass is 303 g/mol. The Morgan fingerprint density at radius 2 is 1.95 bits per heavy atom. The normalized spacial score (nSPS) is 17.9. The van der Waals surface area contributed by atoms with Gasteiger partial charge in [-0.3, -0.25) is 10.2 Å². The van der Waals surface area contributed by atoms with Gasteiger partial charge in [0, 0.05) is 13.0 Å². The van der Waals surface area contributed by atoms with Crippen LogP contribution in [-0.4, -0.2) is 42.9 Å². The van der Waals surface area contributed by atoms with Crippen LogP contribution in [0.3, 0.4) is 0 Å². The van der Waals surface area contributed by atoms with E-state index in [4.69, 9.17) is 15.9 Å². The highest BCUT2D eigenvalue weighted by atomic mass is 16.5. The quantitative estimate of drug-likeness (QED) is 0.478. The molecule has 2 rings (SSSR count). The average molecular weight is 303 g/mol. The van der Waals surface area contributed by atoms with Crippen molar-refractivity contribution in [2.75, 3.05) is 26.2 Å². The Morgan fingerprint density at radius 3 is 2.50 bits per heavy atom. The number of piperidine rings is 1. The molecule has 1 aromatic carbocycles. The maximum Gasteiger partial charge on any atom is 0.316 e. The largest absolute Gasteiger partial charge is 0.465 e. The van der Waals surface area contributed by atoms with Gasteiger partial charge in [-0.2, -0.15) is 0 Å². The molecule has 22 heavy (non-hydrogen) atoms. The first-order valence-corrected chi connectivity index (χ1v) is 7.86. The van der Waals surface area contributed by atoms with Crippen LogP contribution in [0.15, 0.2) is 30.3 Å². The van der Waals surface area contributed by atoms with E-state index >= 15 is 0 Å². The number of likely N-dealkylation sites (tertiary alicyclic amines) is 1. The summed E-state index contributed by atoms with van der Waals surface area (Å²) < 4.78 is 5.36. The first kappa shape index (κ1) is 16.5. The standard InChI is InChI=1S/C17H25N3O2/c1-2-22-16(21)17(14-6-4-3-5-7-14)9-12-20(13-10-17)11-8-15(18)19/h3-7H,2,8-13H2,1H3,(H3,18,19). The molecule has 0 bridgehead atoms. The Labute approximate surface area is 132 Å². The number of nitrogens with one attached hydrogen (secondary N) is 1. The number of amidine groups is 1. The second-order valence-corrected chi connectivity index (χ2v) is 5.79. The summed E-state index contributed by atoms with van der Waals surface area (Å²) in [6.45, 7) is 4.67. The van der Waals surface area contributed by atoms with Gasteiger partial charge in [-0.05, 0) is 38.4 Å². The van der Waals surface area contributed by atoms with Gasteiger partial charge in [-0.15, -0.1) is 0 Å². The smallest absolute Gasteiger partial charge is 0.316 e. The van der Waals surface area contributed by atoms with Crippen molar-refractivity contribution in [2.45, 2.75) is 31.6 Å². The topological polar surface area (TPSA) is 79.4 Å². The number of hydrogen-bond acceptors (Lipinski definition) is 4. The Hall–Kier alpha value is -1.88. The number of carbonyl (C=O) groups is 1. The minimum absolute atomic E-state index is 0.118. The summed E-state index contributed by atoms with van der Waals surface area (Å²) in [6.07, 6.45) is 2.07. The van der Waals surface area contributed by atoms with E-state index in [1.54, 1.807) is 0 Å². The van der Waals surface area contributed by atoms with Gasteiger partial charge in [0.15, 0.2) is 0 Å². The van der Waals surface area contributed by atoms with Gasteiger partial charge in [-0.25, -0.2) is 0 Å². The summed E-state index contributed by atoms with van der Waals surface area (Å²) in [6, 6.07) is 9.94. The highest BCUT2D eigenvalue weighted by Gasteiger charge is 2.43. The number of esters is 1. The van der Waals surface area contributed by atoms with Crippen LogP contribution in [0, 0.1) is 5.41 Å². The minimum atomic E-state index is -0.538. The van der Waals surface area contributed by atoms with Crippen LogP contribution < -0.4 is 5.73 Å². The van der Waals surface area contributed by atoms with Crippen molar-refractivity contribution in [2.24, 2.45) is 5.73 Å². The molecule has 1 heterocycles. The molecule has 0 saturated carbocycles. The lowest BCUT2D eigenvalue weighted by atomic mass is 9.72. The maximum atomic E-state index is 12.6. The number of carbonyl (C=O) groups excluding carboxylic acids is 1. The van der Waals surface area contributed by atoms with Gasteiger partial charge in [0.05, 0.1) is 17.9 Å². The van der Waals surface area contributed by atoms with Crippen molar-refractivity contribution in [3.63, 3.8) is 0 Å². The summed E-state index contributed by atoms with van der Waals surface area (Å²) >= 11 is 0. The average Bonchev–Trinajstić information content (AvgIpc) is 2.54. The molecule has 5 heteroatoms. The van der Waals surface area contributed by atoms with Crippen molar-refractivity contribution in [1.82, 2.24) is 4.90 Å². The molecule has 0 spiro atoms. The molecule has 3 N–H and O–H groups in total. The molecule has 120 valence electrons. The highest BCUT2D eigenvalue weighted by molar-refractivity contribution is 5.83. The SMILES string of the molecule is CCOC(=O)C1(c2ccccc2)CCN(CCC(=N)N)CC1. The molecule has 0 radical (unpaired) electrons. The molecule has 0 aromatic heterocycles. The fraction of sp³-hybridized carbons (Fsp3) is 0.529. The van der Waals surface area contributed by atoms with Crippen molar-refractivity contribution in [3.8, 4) is 0 Å². The lowest BCUT2D eigenvalue weighted by Crippen LogP contribution is -2.48.